The molecule has 0 heterocycles. The minimum absolute atomic E-state index is 0.422. The Hall–Kier alpha value is -0.120. The van der Waals surface area contributed by atoms with Crippen LogP contribution in [0.4, 0.5) is 0 Å². The van der Waals surface area contributed by atoms with Crippen LogP contribution in [-0.2, 0) is 4.74 Å². The van der Waals surface area contributed by atoms with Gasteiger partial charge in [-0.3, -0.25) is 0 Å². The number of aliphatic hydroxyl groups is 2. The second-order valence-corrected chi connectivity index (χ2v) is 13.8. The first-order chi connectivity index (χ1) is 14.8. The lowest BCUT2D eigenvalue weighted by Gasteiger charge is -2.62. The summed E-state index contributed by atoms with van der Waals surface area (Å²) in [5.74, 6) is 5.03. The summed E-state index contributed by atoms with van der Waals surface area (Å²) in [5, 5.41) is 20.9. The summed E-state index contributed by atoms with van der Waals surface area (Å²) in [4.78, 5) is 0. The summed E-state index contributed by atoms with van der Waals surface area (Å²) >= 11 is 0. The second-order valence-electron chi connectivity index (χ2n) is 13.8. The Morgan fingerprint density at radius 3 is 2.16 bits per heavy atom. The fourth-order valence-corrected chi connectivity index (χ4v) is 9.19. The Morgan fingerprint density at radius 2 is 1.53 bits per heavy atom. The lowest BCUT2D eigenvalue weighted by molar-refractivity contribution is -0.148. The van der Waals surface area contributed by atoms with Gasteiger partial charge in [-0.25, -0.2) is 0 Å². The Kier molecular flexibility index (Phi) is 7.86. The van der Waals surface area contributed by atoms with E-state index < -0.39 is 11.2 Å². The number of hydrogen-bond acceptors (Lipinski definition) is 3. The Bertz CT molecular complexity index is 622. The van der Waals surface area contributed by atoms with Gasteiger partial charge in [0.2, 0.25) is 0 Å². The Morgan fingerprint density at radius 1 is 0.906 bits per heavy atom. The largest absolute Gasteiger partial charge is 0.390 e. The minimum atomic E-state index is -0.528. The van der Waals surface area contributed by atoms with E-state index in [0.717, 1.165) is 54.8 Å². The summed E-state index contributed by atoms with van der Waals surface area (Å²) in [6, 6.07) is 0. The van der Waals surface area contributed by atoms with Crippen molar-refractivity contribution < 1.29 is 14.9 Å². The van der Waals surface area contributed by atoms with Gasteiger partial charge in [-0.05, 0) is 138 Å². The van der Waals surface area contributed by atoms with Gasteiger partial charge in [0.05, 0.1) is 11.2 Å². The van der Waals surface area contributed by atoms with Gasteiger partial charge >= 0.3 is 0 Å². The zero-order chi connectivity index (χ0) is 23.9. The molecule has 188 valence electrons. The van der Waals surface area contributed by atoms with Crippen LogP contribution in [0.2, 0.25) is 0 Å². The van der Waals surface area contributed by atoms with E-state index in [9.17, 15) is 10.2 Å². The van der Waals surface area contributed by atoms with Crippen LogP contribution in [0.3, 0.4) is 0 Å². The van der Waals surface area contributed by atoms with Crippen molar-refractivity contribution in [1.82, 2.24) is 0 Å². The summed E-state index contributed by atoms with van der Waals surface area (Å²) in [6.07, 6.45) is 13.8. The standard InChI is InChI=1S/C27H48O2.C2H6O/c1-18(11-13-24(2,3)28)21-9-10-22-20-8-7-19-17-25(4,29)15-16-26(19,5)23(20)12-14-27(21,22)6;1-3-2/h18-23,28-29H,7-17H2,1-6H3;1-2H3/t18-,19?,20?,21-,22?,23?,25+,26?,27?;/m1./s1. The predicted octanol–water partition coefficient (Wildman–Crippen LogP) is 6.85. The molecule has 9 atom stereocenters. The predicted molar refractivity (Wildman–Crippen MR) is 133 cm³/mol. The lowest BCUT2D eigenvalue weighted by atomic mass is 9.43. The van der Waals surface area contributed by atoms with Gasteiger partial charge in [0.1, 0.15) is 0 Å². The van der Waals surface area contributed by atoms with E-state index >= 15 is 0 Å². The molecule has 0 saturated heterocycles. The van der Waals surface area contributed by atoms with Crippen LogP contribution in [0, 0.1) is 46.3 Å². The Balaban J connectivity index is 0.000000913. The molecule has 0 aliphatic heterocycles. The zero-order valence-corrected chi connectivity index (χ0v) is 22.5. The summed E-state index contributed by atoms with van der Waals surface area (Å²) in [7, 11) is 3.25. The molecule has 3 heteroatoms. The normalized spacial score (nSPS) is 46.9. The van der Waals surface area contributed by atoms with E-state index in [1.165, 1.54) is 51.4 Å². The molecule has 6 unspecified atom stereocenters. The van der Waals surface area contributed by atoms with Gasteiger partial charge in [0.15, 0.2) is 0 Å². The molecule has 0 bridgehead atoms. The molecular weight excluding hydrogens is 396 g/mol. The third kappa shape index (κ3) is 5.10. The molecule has 0 aromatic heterocycles. The Labute approximate surface area is 199 Å². The number of hydrogen-bond donors (Lipinski definition) is 2. The van der Waals surface area contributed by atoms with Crippen molar-refractivity contribution in [1.29, 1.82) is 0 Å². The van der Waals surface area contributed by atoms with Crippen molar-refractivity contribution in [3.05, 3.63) is 0 Å². The van der Waals surface area contributed by atoms with Crippen molar-refractivity contribution in [2.24, 2.45) is 46.3 Å². The van der Waals surface area contributed by atoms with Crippen molar-refractivity contribution in [2.45, 2.75) is 123 Å². The van der Waals surface area contributed by atoms with Crippen LogP contribution in [0.5, 0.6) is 0 Å². The van der Waals surface area contributed by atoms with Crippen LogP contribution >= 0.6 is 0 Å². The molecule has 4 rings (SSSR count). The van der Waals surface area contributed by atoms with Crippen LogP contribution in [0.15, 0.2) is 0 Å². The van der Waals surface area contributed by atoms with Crippen molar-refractivity contribution in [2.75, 3.05) is 14.2 Å². The van der Waals surface area contributed by atoms with E-state index in [-0.39, 0.29) is 0 Å². The molecular formula is C29H54O3. The maximum Gasteiger partial charge on any atom is 0.0622 e. The fraction of sp³-hybridized carbons (Fsp3) is 1.00. The van der Waals surface area contributed by atoms with Crippen molar-refractivity contribution >= 4 is 0 Å². The topological polar surface area (TPSA) is 49.7 Å². The van der Waals surface area contributed by atoms with E-state index in [1.807, 2.05) is 13.8 Å². The highest BCUT2D eigenvalue weighted by Gasteiger charge is 2.61. The van der Waals surface area contributed by atoms with Crippen LogP contribution < -0.4 is 0 Å². The molecule has 4 aliphatic carbocycles. The first kappa shape index (κ1) is 26.5. The van der Waals surface area contributed by atoms with Gasteiger partial charge < -0.3 is 14.9 Å². The van der Waals surface area contributed by atoms with Crippen molar-refractivity contribution in [3.8, 4) is 0 Å². The molecule has 0 radical (unpaired) electrons. The van der Waals surface area contributed by atoms with Crippen molar-refractivity contribution in [3.63, 3.8) is 0 Å². The number of ether oxygens (including phenoxy) is 1. The molecule has 3 nitrogen and oxygen atoms in total. The molecule has 0 aromatic carbocycles. The van der Waals surface area contributed by atoms with Gasteiger partial charge in [-0.15, -0.1) is 0 Å². The molecule has 4 saturated carbocycles. The number of fused-ring (bicyclic) bond motifs is 5. The van der Waals surface area contributed by atoms with Crippen LogP contribution in [-0.4, -0.2) is 35.6 Å². The van der Waals surface area contributed by atoms with Gasteiger partial charge in [-0.2, -0.15) is 0 Å². The SMILES string of the molecule is COC.C[C@H](CCC(C)(C)O)[C@H]1CCC2C3CCC4C[C@@](C)(O)CCC4(C)C3CCC21C. The molecule has 2 N–H and O–H groups in total. The van der Waals surface area contributed by atoms with E-state index in [4.69, 9.17) is 0 Å². The average Bonchev–Trinajstić information content (AvgIpc) is 3.04. The molecule has 0 spiro atoms. The minimum Gasteiger partial charge on any atom is -0.390 e. The maximum atomic E-state index is 10.7. The smallest absolute Gasteiger partial charge is 0.0622 e. The molecule has 4 aliphatic rings. The van der Waals surface area contributed by atoms with E-state index in [0.29, 0.717) is 10.8 Å². The first-order valence-corrected chi connectivity index (χ1v) is 13.6. The quantitative estimate of drug-likeness (QED) is 0.492. The van der Waals surface area contributed by atoms with E-state index in [2.05, 4.69) is 32.4 Å². The fourth-order valence-electron chi connectivity index (χ4n) is 9.19. The highest BCUT2D eigenvalue weighted by Crippen LogP contribution is 2.68. The summed E-state index contributed by atoms with van der Waals surface area (Å²) in [6.45, 7) is 13.7. The highest BCUT2D eigenvalue weighted by molar-refractivity contribution is 5.10. The second kappa shape index (κ2) is 9.50. The molecule has 32 heavy (non-hydrogen) atoms. The zero-order valence-electron chi connectivity index (χ0n) is 22.5. The molecule has 4 fully saturated rings. The summed E-state index contributed by atoms with van der Waals surface area (Å²) in [5.41, 5.74) is 0.0369. The third-order valence-corrected chi connectivity index (χ3v) is 10.9. The molecule has 0 amide bonds. The van der Waals surface area contributed by atoms with Crippen LogP contribution in [0.1, 0.15) is 112 Å². The number of methoxy groups -OCH3 is 1. The maximum absolute atomic E-state index is 10.7. The molecule has 0 aromatic rings. The summed E-state index contributed by atoms with van der Waals surface area (Å²) < 4.78 is 4.25. The average molecular weight is 451 g/mol. The lowest BCUT2D eigenvalue weighted by Crippen LogP contribution is -2.55. The van der Waals surface area contributed by atoms with Gasteiger partial charge in [0, 0.05) is 14.2 Å². The monoisotopic (exact) mass is 450 g/mol. The van der Waals surface area contributed by atoms with Crippen LogP contribution in [0.25, 0.3) is 0 Å². The number of rotatable bonds is 4. The van der Waals surface area contributed by atoms with E-state index in [1.54, 1.807) is 14.2 Å². The highest BCUT2D eigenvalue weighted by atomic mass is 16.4. The first-order valence-electron chi connectivity index (χ1n) is 13.6. The van der Waals surface area contributed by atoms with Gasteiger partial charge in [-0.1, -0.05) is 20.8 Å². The van der Waals surface area contributed by atoms with Gasteiger partial charge in [0.25, 0.3) is 0 Å². The third-order valence-electron chi connectivity index (χ3n) is 10.9.